The molecule has 238 valence electrons. The molecule has 2 aromatic carbocycles. The molecule has 45 heavy (non-hydrogen) atoms. The number of hydrogen-bond acceptors (Lipinski definition) is 7. The van der Waals surface area contributed by atoms with Gasteiger partial charge in [-0.25, -0.2) is 9.78 Å². The third-order valence-electron chi connectivity index (χ3n) is 8.40. The Labute approximate surface area is 274 Å². The van der Waals surface area contributed by atoms with Gasteiger partial charge in [0.25, 0.3) is 5.91 Å². The van der Waals surface area contributed by atoms with E-state index in [9.17, 15) is 9.59 Å². The van der Waals surface area contributed by atoms with Crippen molar-refractivity contribution in [1.82, 2.24) is 14.8 Å². The van der Waals surface area contributed by atoms with Gasteiger partial charge in [-0.3, -0.25) is 4.79 Å². The summed E-state index contributed by atoms with van der Waals surface area (Å²) in [5.41, 5.74) is 9.04. The first-order chi connectivity index (χ1) is 21.4. The van der Waals surface area contributed by atoms with Crippen LogP contribution in [0, 0.1) is 6.92 Å². The minimum absolute atomic E-state index is 0.0273. The first-order valence-electron chi connectivity index (χ1n) is 15.2. The minimum atomic E-state index is -0.566. The van der Waals surface area contributed by atoms with E-state index < -0.39 is 5.60 Å². The number of ether oxygens (including phenoxy) is 2. The van der Waals surface area contributed by atoms with E-state index in [1.54, 1.807) is 31.3 Å². The van der Waals surface area contributed by atoms with Crippen molar-refractivity contribution in [2.45, 2.75) is 77.6 Å². The summed E-state index contributed by atoms with van der Waals surface area (Å²) in [5, 5.41) is 1.42. The Hall–Kier alpha value is -3.82. The number of amides is 2. The molecule has 4 aromatic rings. The van der Waals surface area contributed by atoms with E-state index in [4.69, 9.17) is 26.8 Å². The number of fused-ring (bicyclic) bond motifs is 1. The number of carbonyl (C=O) groups is 2. The Morgan fingerprint density at radius 1 is 1.04 bits per heavy atom. The maximum absolute atomic E-state index is 14.5. The van der Waals surface area contributed by atoms with Crippen LogP contribution in [0.1, 0.15) is 67.3 Å². The molecule has 0 unspecified atom stereocenters. The maximum Gasteiger partial charge on any atom is 0.410 e. The lowest BCUT2D eigenvalue weighted by molar-refractivity contribution is 0.0144. The van der Waals surface area contributed by atoms with Crippen molar-refractivity contribution in [2.75, 3.05) is 19.9 Å². The summed E-state index contributed by atoms with van der Waals surface area (Å²) in [6.45, 7) is 7.95. The minimum Gasteiger partial charge on any atom is -0.496 e. The number of rotatable bonds is 7. The zero-order valence-corrected chi connectivity index (χ0v) is 28.3. The number of nitrogens with two attached hydrogens (primary N) is 1. The maximum atomic E-state index is 14.5. The molecular weight excluding hydrogens is 608 g/mol. The molecule has 0 atom stereocenters. The van der Waals surface area contributed by atoms with Crippen molar-refractivity contribution < 1.29 is 19.1 Å². The number of hydrogen-bond donors (Lipinski definition) is 1. The number of nitrogen functional groups attached to an aromatic ring is 1. The molecule has 1 fully saturated rings. The van der Waals surface area contributed by atoms with Crippen molar-refractivity contribution >= 4 is 50.8 Å². The van der Waals surface area contributed by atoms with Gasteiger partial charge in [-0.05, 0) is 94.8 Å². The summed E-state index contributed by atoms with van der Waals surface area (Å²) >= 11 is 8.37. The van der Waals surface area contributed by atoms with Gasteiger partial charge in [0.2, 0.25) is 0 Å². The van der Waals surface area contributed by atoms with Crippen LogP contribution in [-0.4, -0.2) is 58.6 Å². The number of carbonyl (C=O) groups excluding carboxylic acids is 2. The van der Waals surface area contributed by atoms with E-state index in [-0.39, 0.29) is 24.1 Å². The molecule has 8 nitrogen and oxygen atoms in total. The lowest BCUT2D eigenvalue weighted by Crippen LogP contribution is -2.47. The fraction of sp³-hybridized carbons (Fsp3) is 0.400. The van der Waals surface area contributed by atoms with Crippen LogP contribution in [0.3, 0.4) is 0 Å². The molecule has 0 radical (unpaired) electrons. The molecule has 1 saturated carbocycles. The Morgan fingerprint density at radius 3 is 2.36 bits per heavy atom. The van der Waals surface area contributed by atoms with Crippen LogP contribution in [0.4, 0.5) is 10.6 Å². The number of halogens is 1. The van der Waals surface area contributed by atoms with Gasteiger partial charge in [0.15, 0.2) is 0 Å². The van der Waals surface area contributed by atoms with Crippen molar-refractivity contribution in [1.29, 1.82) is 0 Å². The van der Waals surface area contributed by atoms with Crippen molar-refractivity contribution in [2.24, 2.45) is 0 Å². The first-order valence-corrected chi connectivity index (χ1v) is 16.4. The second-order valence-electron chi connectivity index (χ2n) is 12.7. The Balaban J connectivity index is 1.47. The van der Waals surface area contributed by atoms with Gasteiger partial charge < -0.3 is 25.0 Å². The molecule has 0 spiro atoms. The fourth-order valence-corrected chi connectivity index (χ4v) is 7.62. The van der Waals surface area contributed by atoms with E-state index in [1.807, 2.05) is 75.1 Å². The van der Waals surface area contributed by atoms with Gasteiger partial charge in [-0.2, -0.15) is 0 Å². The zero-order valence-electron chi connectivity index (χ0n) is 26.7. The summed E-state index contributed by atoms with van der Waals surface area (Å²) in [4.78, 5) is 35.8. The summed E-state index contributed by atoms with van der Waals surface area (Å²) < 4.78 is 12.4. The molecule has 10 heteroatoms. The topological polar surface area (TPSA) is 98.0 Å². The summed E-state index contributed by atoms with van der Waals surface area (Å²) in [6.07, 6.45) is 4.37. The molecule has 0 aliphatic heterocycles. The van der Waals surface area contributed by atoms with Crippen molar-refractivity contribution in [3.8, 4) is 16.9 Å². The monoisotopic (exact) mass is 648 g/mol. The first kappa shape index (κ1) is 32.6. The fourth-order valence-electron chi connectivity index (χ4n) is 5.99. The highest BCUT2D eigenvalue weighted by Crippen LogP contribution is 2.40. The number of anilines is 1. The van der Waals surface area contributed by atoms with Crippen molar-refractivity contribution in [3.63, 3.8) is 0 Å². The predicted octanol–water partition coefficient (Wildman–Crippen LogP) is 8.34. The molecule has 0 bridgehead atoms. The van der Waals surface area contributed by atoms with Gasteiger partial charge in [0, 0.05) is 53.1 Å². The molecular formula is C35H41ClN4O4S. The van der Waals surface area contributed by atoms with E-state index in [0.29, 0.717) is 28.0 Å². The largest absolute Gasteiger partial charge is 0.496 e. The molecule has 2 N–H and O–H groups in total. The Kier molecular flexibility index (Phi) is 9.60. The molecule has 0 saturated heterocycles. The van der Waals surface area contributed by atoms with Gasteiger partial charge in [-0.15, -0.1) is 11.3 Å². The SMILES string of the molecule is COc1ccc(-c2ccc(N)nc2)cc1CN(C(=O)c1sc2cccc(C)c2c1Cl)C1CCC(N(C)C(=O)OC(C)(C)C)CC1. The van der Waals surface area contributed by atoms with E-state index in [2.05, 4.69) is 4.98 Å². The van der Waals surface area contributed by atoms with Crippen LogP contribution in [0.5, 0.6) is 5.75 Å². The molecule has 5 rings (SSSR count). The Morgan fingerprint density at radius 2 is 1.73 bits per heavy atom. The summed E-state index contributed by atoms with van der Waals surface area (Å²) in [5.74, 6) is 1.04. The predicted molar refractivity (Wildman–Crippen MR) is 182 cm³/mol. The van der Waals surface area contributed by atoms with E-state index in [1.165, 1.54) is 11.3 Å². The van der Waals surface area contributed by atoms with Crippen LogP contribution in [0.2, 0.25) is 5.02 Å². The highest BCUT2D eigenvalue weighted by Gasteiger charge is 2.35. The molecule has 2 amide bonds. The quantitative estimate of drug-likeness (QED) is 0.216. The number of aryl methyl sites for hydroxylation is 1. The smallest absolute Gasteiger partial charge is 0.410 e. The lowest BCUT2D eigenvalue weighted by Gasteiger charge is -2.40. The number of thiophene rings is 1. The Bertz CT molecular complexity index is 1690. The van der Waals surface area contributed by atoms with Gasteiger partial charge in [0.1, 0.15) is 22.0 Å². The lowest BCUT2D eigenvalue weighted by atomic mass is 9.89. The zero-order chi connectivity index (χ0) is 32.5. The van der Waals surface area contributed by atoms with E-state index in [0.717, 1.165) is 58.0 Å². The van der Waals surface area contributed by atoms with Crippen LogP contribution < -0.4 is 10.5 Å². The number of benzene rings is 2. The molecule has 1 aliphatic rings. The number of aromatic nitrogens is 1. The molecule has 2 aromatic heterocycles. The average Bonchev–Trinajstić information content (AvgIpc) is 3.36. The highest BCUT2D eigenvalue weighted by molar-refractivity contribution is 7.21. The average molecular weight is 649 g/mol. The molecule has 1 aliphatic carbocycles. The van der Waals surface area contributed by atoms with Gasteiger partial charge in [0.05, 0.1) is 12.1 Å². The number of pyridine rings is 1. The van der Waals surface area contributed by atoms with Crippen LogP contribution in [0.25, 0.3) is 21.2 Å². The van der Waals surface area contributed by atoms with Crippen LogP contribution in [-0.2, 0) is 11.3 Å². The number of nitrogens with zero attached hydrogens (tertiary/aromatic N) is 3. The standard InChI is InChI=1S/C35H41ClN4O4S/c1-21-8-7-9-28-30(21)31(36)32(45-28)33(41)40(26-14-12-25(13-15-26)39(5)34(42)44-35(2,3)4)20-24-18-22(10-16-27(24)43-6)23-11-17-29(37)38-19-23/h7-11,16-19,25-26H,12-15,20H2,1-6H3,(H2,37,38). The number of methoxy groups -OCH3 is 1. The summed E-state index contributed by atoms with van der Waals surface area (Å²) in [7, 11) is 3.43. The second kappa shape index (κ2) is 13.3. The highest BCUT2D eigenvalue weighted by atomic mass is 35.5. The summed E-state index contributed by atoms with van der Waals surface area (Å²) in [6, 6.07) is 15.6. The van der Waals surface area contributed by atoms with Gasteiger partial charge in [-0.1, -0.05) is 29.8 Å². The van der Waals surface area contributed by atoms with Crippen LogP contribution >= 0.6 is 22.9 Å². The van der Waals surface area contributed by atoms with Crippen molar-refractivity contribution in [3.05, 3.63) is 75.8 Å². The third kappa shape index (κ3) is 7.20. The van der Waals surface area contributed by atoms with Gasteiger partial charge >= 0.3 is 6.09 Å². The van der Waals surface area contributed by atoms with E-state index >= 15 is 0 Å². The third-order valence-corrected chi connectivity index (χ3v) is 10.0. The normalized spacial score (nSPS) is 16.8. The molecule has 2 heterocycles. The van der Waals surface area contributed by atoms with Crippen LogP contribution in [0.15, 0.2) is 54.7 Å². The second-order valence-corrected chi connectivity index (χ2v) is 14.1.